The van der Waals surface area contributed by atoms with Crippen LogP contribution in [0.1, 0.15) is 12.5 Å². The predicted octanol–water partition coefficient (Wildman–Crippen LogP) is 3.80. The average Bonchev–Trinajstić information content (AvgIpc) is 2.62. The van der Waals surface area contributed by atoms with Crippen molar-refractivity contribution in [2.24, 2.45) is 0 Å². The molecule has 1 N–H and O–H groups in total. The Morgan fingerprint density at radius 3 is 2.69 bits per heavy atom. The maximum Gasteiger partial charge on any atom is 0.244 e. The third-order valence-electron chi connectivity index (χ3n) is 4.47. The summed E-state index contributed by atoms with van der Waals surface area (Å²) in [6.07, 6.45) is 0. The zero-order valence-corrected chi connectivity index (χ0v) is 16.0. The first-order chi connectivity index (χ1) is 12.4. The monoisotopic (exact) mass is 391 g/mol. The van der Waals surface area contributed by atoms with Gasteiger partial charge in [-0.1, -0.05) is 41.4 Å². The third-order valence-corrected chi connectivity index (χ3v) is 5.21. The molecule has 0 saturated heterocycles. The minimum absolute atomic E-state index is 0.0147. The number of hydrogen-bond donors (Lipinski definition) is 1. The highest BCUT2D eigenvalue weighted by molar-refractivity contribution is 6.42. The predicted molar refractivity (Wildman–Crippen MR) is 105 cm³/mol. The van der Waals surface area contributed by atoms with Gasteiger partial charge >= 0.3 is 0 Å². The molecule has 5 nitrogen and oxygen atoms in total. The summed E-state index contributed by atoms with van der Waals surface area (Å²) in [4.78, 5) is 28.4. The molecule has 0 fully saturated rings. The van der Waals surface area contributed by atoms with E-state index in [2.05, 4.69) is 5.32 Å². The molecule has 136 valence electrons. The number of rotatable bonds is 4. The number of anilines is 2. The molecule has 1 heterocycles. The minimum Gasteiger partial charge on any atom is -0.323 e. The summed E-state index contributed by atoms with van der Waals surface area (Å²) in [5.74, 6) is -0.328. The maximum atomic E-state index is 13.0. The van der Waals surface area contributed by atoms with E-state index in [4.69, 9.17) is 23.2 Å². The van der Waals surface area contributed by atoms with Crippen molar-refractivity contribution in [3.8, 4) is 0 Å². The van der Waals surface area contributed by atoms with Crippen molar-refractivity contribution in [2.45, 2.75) is 19.5 Å². The van der Waals surface area contributed by atoms with Crippen molar-refractivity contribution in [1.82, 2.24) is 4.90 Å². The van der Waals surface area contributed by atoms with Gasteiger partial charge < -0.3 is 5.32 Å². The van der Waals surface area contributed by atoms with Crippen molar-refractivity contribution < 1.29 is 9.59 Å². The van der Waals surface area contributed by atoms with Gasteiger partial charge in [0, 0.05) is 6.54 Å². The smallest absolute Gasteiger partial charge is 0.244 e. The van der Waals surface area contributed by atoms with E-state index in [9.17, 15) is 9.59 Å². The molecule has 2 amide bonds. The van der Waals surface area contributed by atoms with Gasteiger partial charge in [-0.2, -0.15) is 0 Å². The molecule has 2 aromatic rings. The normalized spacial score (nSPS) is 14.8. The molecule has 3 rings (SSSR count). The van der Waals surface area contributed by atoms with Gasteiger partial charge in [-0.15, -0.1) is 0 Å². The van der Waals surface area contributed by atoms with E-state index in [-0.39, 0.29) is 18.4 Å². The Hall–Kier alpha value is -2.08. The lowest BCUT2D eigenvalue weighted by atomic mass is 10.1. The van der Waals surface area contributed by atoms with Crippen LogP contribution in [-0.2, 0) is 16.1 Å². The topological polar surface area (TPSA) is 52.7 Å². The number of hydrogen-bond acceptors (Lipinski definition) is 3. The number of likely N-dealkylation sites (N-methyl/N-ethyl adjacent to an activating group) is 1. The quantitative estimate of drug-likeness (QED) is 0.861. The van der Waals surface area contributed by atoms with E-state index in [1.165, 1.54) is 4.90 Å². The van der Waals surface area contributed by atoms with Gasteiger partial charge in [0.25, 0.3) is 0 Å². The summed E-state index contributed by atoms with van der Waals surface area (Å²) in [6.45, 7) is 2.38. The van der Waals surface area contributed by atoms with Crippen molar-refractivity contribution in [3.63, 3.8) is 0 Å². The lowest BCUT2D eigenvalue weighted by Gasteiger charge is -2.33. The molecular weight excluding hydrogens is 373 g/mol. The van der Waals surface area contributed by atoms with Gasteiger partial charge in [0.2, 0.25) is 11.8 Å². The second-order valence-corrected chi connectivity index (χ2v) is 7.14. The lowest BCUT2D eigenvalue weighted by Crippen LogP contribution is -2.50. The number of fused-ring (bicyclic) bond motifs is 1. The van der Waals surface area contributed by atoms with Gasteiger partial charge in [0.1, 0.15) is 6.54 Å². The molecule has 0 spiro atoms. The highest BCUT2D eigenvalue weighted by Gasteiger charge is 2.31. The Morgan fingerprint density at radius 2 is 1.96 bits per heavy atom. The fourth-order valence-electron chi connectivity index (χ4n) is 2.91. The van der Waals surface area contributed by atoms with Crippen LogP contribution < -0.4 is 10.2 Å². The molecule has 1 aliphatic heterocycles. The van der Waals surface area contributed by atoms with Crippen LogP contribution in [0.25, 0.3) is 0 Å². The van der Waals surface area contributed by atoms with E-state index < -0.39 is 6.04 Å². The molecule has 2 aromatic carbocycles. The second-order valence-electron chi connectivity index (χ2n) is 6.33. The highest BCUT2D eigenvalue weighted by atomic mass is 35.5. The standard InChI is InChI=1S/C19H19Cl2N3O2/c1-12(23(2)10-13-7-8-14(20)15(21)9-13)19(26)24-11-18(25)22-16-5-3-4-6-17(16)24/h3-9,12H,10-11H2,1-2H3,(H,22,25)/t12-/m0/s1. The molecule has 0 unspecified atom stereocenters. The minimum atomic E-state index is -0.414. The molecule has 0 bridgehead atoms. The second kappa shape index (κ2) is 7.66. The lowest BCUT2D eigenvalue weighted by molar-refractivity contribution is -0.125. The van der Waals surface area contributed by atoms with Gasteiger partial charge in [-0.3, -0.25) is 19.4 Å². The SMILES string of the molecule is C[C@@H](C(=O)N1CC(=O)Nc2ccccc21)N(C)Cc1ccc(Cl)c(Cl)c1. The molecule has 0 radical (unpaired) electrons. The summed E-state index contributed by atoms with van der Waals surface area (Å²) in [5, 5.41) is 3.77. The van der Waals surface area contributed by atoms with Crippen molar-refractivity contribution in [3.05, 3.63) is 58.1 Å². The van der Waals surface area contributed by atoms with Crippen molar-refractivity contribution >= 4 is 46.4 Å². The summed E-state index contributed by atoms with van der Waals surface area (Å²) < 4.78 is 0. The largest absolute Gasteiger partial charge is 0.323 e. The Morgan fingerprint density at radius 1 is 1.23 bits per heavy atom. The first-order valence-corrected chi connectivity index (χ1v) is 8.97. The molecule has 0 aliphatic carbocycles. The van der Waals surface area contributed by atoms with Crippen LogP contribution in [0.5, 0.6) is 0 Å². The molecule has 7 heteroatoms. The number of carbonyl (C=O) groups excluding carboxylic acids is 2. The Labute approximate surface area is 162 Å². The number of amides is 2. The van der Waals surface area contributed by atoms with Crippen LogP contribution in [0.15, 0.2) is 42.5 Å². The van der Waals surface area contributed by atoms with Crippen LogP contribution in [0, 0.1) is 0 Å². The number of nitrogens with one attached hydrogen (secondary N) is 1. The summed E-state index contributed by atoms with van der Waals surface area (Å²) in [7, 11) is 1.86. The Balaban J connectivity index is 1.76. The van der Waals surface area contributed by atoms with Crippen LogP contribution in [0.3, 0.4) is 0 Å². The number of para-hydroxylation sites is 2. The molecular formula is C19H19Cl2N3O2. The molecule has 26 heavy (non-hydrogen) atoms. The van der Waals surface area contributed by atoms with E-state index in [0.717, 1.165) is 5.56 Å². The Kier molecular flexibility index (Phi) is 5.51. The molecule has 1 atom stereocenters. The number of carbonyl (C=O) groups is 2. The van der Waals surface area contributed by atoms with Crippen molar-refractivity contribution in [1.29, 1.82) is 0 Å². The van der Waals surface area contributed by atoms with Gasteiger partial charge in [-0.25, -0.2) is 0 Å². The van der Waals surface area contributed by atoms with Crippen molar-refractivity contribution in [2.75, 3.05) is 23.8 Å². The van der Waals surface area contributed by atoms with E-state index in [0.29, 0.717) is 28.0 Å². The highest BCUT2D eigenvalue weighted by Crippen LogP contribution is 2.30. The van der Waals surface area contributed by atoms with Gasteiger partial charge in [0.05, 0.1) is 27.5 Å². The number of nitrogens with zero attached hydrogens (tertiary/aromatic N) is 2. The fourth-order valence-corrected chi connectivity index (χ4v) is 3.23. The zero-order chi connectivity index (χ0) is 18.8. The van der Waals surface area contributed by atoms with Crippen LogP contribution >= 0.6 is 23.2 Å². The maximum absolute atomic E-state index is 13.0. The summed E-state index contributed by atoms with van der Waals surface area (Å²) in [5.41, 5.74) is 2.32. The van der Waals surface area contributed by atoms with Crippen LogP contribution in [-0.4, -0.2) is 36.3 Å². The first kappa shape index (κ1) is 18.7. The van der Waals surface area contributed by atoms with E-state index in [1.54, 1.807) is 18.2 Å². The molecule has 0 saturated carbocycles. The molecule has 1 aliphatic rings. The summed E-state index contributed by atoms with van der Waals surface area (Å²) in [6, 6.07) is 12.3. The molecule has 0 aromatic heterocycles. The summed E-state index contributed by atoms with van der Waals surface area (Å²) >= 11 is 12.0. The van der Waals surface area contributed by atoms with E-state index >= 15 is 0 Å². The number of halogens is 2. The van der Waals surface area contributed by atoms with E-state index in [1.807, 2.05) is 43.1 Å². The fraction of sp³-hybridized carbons (Fsp3) is 0.263. The third kappa shape index (κ3) is 3.85. The number of benzene rings is 2. The Bertz CT molecular complexity index is 856. The average molecular weight is 392 g/mol. The van der Waals surface area contributed by atoms with Crippen LogP contribution in [0.2, 0.25) is 10.0 Å². The zero-order valence-electron chi connectivity index (χ0n) is 14.5. The van der Waals surface area contributed by atoms with Gasteiger partial charge in [-0.05, 0) is 43.8 Å². The van der Waals surface area contributed by atoms with Crippen LogP contribution in [0.4, 0.5) is 11.4 Å². The van der Waals surface area contributed by atoms with Gasteiger partial charge in [0.15, 0.2) is 0 Å². The first-order valence-electron chi connectivity index (χ1n) is 8.21.